The standard InChI is InChI=1S/C14H18N2O3S/c15-20(18,19)9-10-7-14(17)16(8-10)13-4-2-1-3-12(13)11-5-6-11/h1-4,10-11H,5-9H2,(H2,15,18,19). The number of para-hydroxylation sites is 1. The fourth-order valence-corrected chi connectivity index (χ4v) is 3.81. The molecule has 2 aliphatic rings. The lowest BCUT2D eigenvalue weighted by atomic mass is 10.1. The number of rotatable bonds is 4. The Bertz CT molecular complexity index is 638. The van der Waals surface area contributed by atoms with Crippen molar-refractivity contribution in [3.8, 4) is 0 Å². The van der Waals surface area contributed by atoms with Gasteiger partial charge in [-0.3, -0.25) is 4.79 Å². The summed E-state index contributed by atoms with van der Waals surface area (Å²) in [6.07, 6.45) is 2.59. The van der Waals surface area contributed by atoms with Gasteiger partial charge >= 0.3 is 0 Å². The summed E-state index contributed by atoms with van der Waals surface area (Å²) in [7, 11) is -3.53. The molecule has 1 unspecified atom stereocenters. The van der Waals surface area contributed by atoms with Gasteiger partial charge in [0.25, 0.3) is 0 Å². The van der Waals surface area contributed by atoms with Gasteiger partial charge in [-0.2, -0.15) is 0 Å². The molecule has 3 rings (SSSR count). The van der Waals surface area contributed by atoms with Crippen LogP contribution in [0.15, 0.2) is 24.3 Å². The Kier molecular flexibility index (Phi) is 3.30. The molecule has 1 aliphatic heterocycles. The van der Waals surface area contributed by atoms with Crippen LogP contribution in [-0.2, 0) is 14.8 Å². The second kappa shape index (κ2) is 4.86. The maximum atomic E-state index is 12.2. The van der Waals surface area contributed by atoms with Crippen LogP contribution in [0.1, 0.15) is 30.7 Å². The molecule has 1 aliphatic carbocycles. The maximum Gasteiger partial charge on any atom is 0.227 e. The first kappa shape index (κ1) is 13.6. The summed E-state index contributed by atoms with van der Waals surface area (Å²) in [4.78, 5) is 13.9. The average molecular weight is 294 g/mol. The monoisotopic (exact) mass is 294 g/mol. The van der Waals surface area contributed by atoms with Crippen molar-refractivity contribution in [1.29, 1.82) is 0 Å². The van der Waals surface area contributed by atoms with Gasteiger partial charge in [-0.05, 0) is 30.4 Å². The molecule has 6 heteroatoms. The number of hydrogen-bond donors (Lipinski definition) is 1. The smallest absolute Gasteiger partial charge is 0.227 e. The number of nitrogens with two attached hydrogens (primary N) is 1. The quantitative estimate of drug-likeness (QED) is 0.906. The third-order valence-electron chi connectivity index (χ3n) is 3.92. The van der Waals surface area contributed by atoms with E-state index in [1.54, 1.807) is 4.90 Å². The van der Waals surface area contributed by atoms with E-state index in [0.717, 1.165) is 5.69 Å². The average Bonchev–Trinajstić information content (AvgIpc) is 3.13. The minimum atomic E-state index is -3.53. The molecule has 1 aromatic carbocycles. The first-order valence-corrected chi connectivity index (χ1v) is 8.55. The molecule has 0 radical (unpaired) electrons. The lowest BCUT2D eigenvalue weighted by Crippen LogP contribution is -2.28. The SMILES string of the molecule is NS(=O)(=O)CC1CC(=O)N(c2ccccc2C2CC2)C1. The molecule has 2 fully saturated rings. The number of nitrogens with zero attached hydrogens (tertiary/aromatic N) is 1. The summed E-state index contributed by atoms with van der Waals surface area (Å²) in [5.41, 5.74) is 2.15. The molecule has 5 nitrogen and oxygen atoms in total. The van der Waals surface area contributed by atoms with Crippen molar-refractivity contribution in [2.45, 2.75) is 25.2 Å². The second-order valence-electron chi connectivity index (χ2n) is 5.74. The highest BCUT2D eigenvalue weighted by Crippen LogP contribution is 2.45. The second-order valence-corrected chi connectivity index (χ2v) is 7.40. The van der Waals surface area contributed by atoms with Crippen LogP contribution >= 0.6 is 0 Å². The largest absolute Gasteiger partial charge is 0.312 e. The third kappa shape index (κ3) is 2.86. The Hall–Kier alpha value is -1.40. The Balaban J connectivity index is 1.83. The highest BCUT2D eigenvalue weighted by Gasteiger charge is 2.35. The van der Waals surface area contributed by atoms with Crippen LogP contribution in [0.2, 0.25) is 0 Å². The van der Waals surface area contributed by atoms with E-state index in [0.29, 0.717) is 12.5 Å². The van der Waals surface area contributed by atoms with Crippen molar-refractivity contribution >= 4 is 21.6 Å². The van der Waals surface area contributed by atoms with E-state index in [1.165, 1.54) is 18.4 Å². The summed E-state index contributed by atoms with van der Waals surface area (Å²) in [6.45, 7) is 0.443. The van der Waals surface area contributed by atoms with Crippen LogP contribution in [0.5, 0.6) is 0 Å². The van der Waals surface area contributed by atoms with E-state index < -0.39 is 10.0 Å². The van der Waals surface area contributed by atoms with Gasteiger partial charge in [-0.25, -0.2) is 13.6 Å². The first-order valence-electron chi connectivity index (χ1n) is 6.84. The van der Waals surface area contributed by atoms with Crippen molar-refractivity contribution < 1.29 is 13.2 Å². The number of hydrogen-bond acceptors (Lipinski definition) is 3. The zero-order valence-electron chi connectivity index (χ0n) is 11.2. The third-order valence-corrected chi connectivity index (χ3v) is 4.85. The van der Waals surface area contributed by atoms with Crippen LogP contribution < -0.4 is 10.0 Å². The van der Waals surface area contributed by atoms with Gasteiger partial charge in [0.15, 0.2) is 0 Å². The Morgan fingerprint density at radius 2 is 1.95 bits per heavy atom. The number of carbonyl (C=O) groups is 1. The molecule has 0 aromatic heterocycles. The molecule has 108 valence electrons. The summed E-state index contributed by atoms with van der Waals surface area (Å²) in [5.74, 6) is 0.216. The topological polar surface area (TPSA) is 80.5 Å². The molecule has 1 saturated carbocycles. The molecule has 20 heavy (non-hydrogen) atoms. The van der Waals surface area contributed by atoms with E-state index in [1.807, 2.05) is 18.2 Å². The lowest BCUT2D eigenvalue weighted by molar-refractivity contribution is -0.117. The molecule has 1 saturated heterocycles. The van der Waals surface area contributed by atoms with Gasteiger partial charge in [0.05, 0.1) is 5.75 Å². The number of amides is 1. The van der Waals surface area contributed by atoms with Gasteiger partial charge in [0, 0.05) is 24.6 Å². The number of benzene rings is 1. The fraction of sp³-hybridized carbons (Fsp3) is 0.500. The molecular weight excluding hydrogens is 276 g/mol. The van der Waals surface area contributed by atoms with E-state index in [-0.39, 0.29) is 24.0 Å². The molecule has 1 heterocycles. The predicted octanol–water partition coefficient (Wildman–Crippen LogP) is 1.21. The Morgan fingerprint density at radius 3 is 2.60 bits per heavy atom. The predicted molar refractivity (Wildman–Crippen MR) is 76.9 cm³/mol. The fourth-order valence-electron chi connectivity index (χ4n) is 2.93. The van der Waals surface area contributed by atoms with Crippen molar-refractivity contribution in [3.05, 3.63) is 29.8 Å². The zero-order valence-corrected chi connectivity index (χ0v) is 12.0. The van der Waals surface area contributed by atoms with Crippen LogP contribution in [0.25, 0.3) is 0 Å². The van der Waals surface area contributed by atoms with Crippen LogP contribution in [0.4, 0.5) is 5.69 Å². The summed E-state index contributed by atoms with van der Waals surface area (Å²) >= 11 is 0. The van der Waals surface area contributed by atoms with Crippen LogP contribution in [0, 0.1) is 5.92 Å². The minimum absolute atomic E-state index is 0.00764. The molecular formula is C14H18N2O3S. The van der Waals surface area contributed by atoms with E-state index >= 15 is 0 Å². The highest BCUT2D eigenvalue weighted by atomic mass is 32.2. The van der Waals surface area contributed by atoms with Crippen molar-refractivity contribution in [2.75, 3.05) is 17.2 Å². The van der Waals surface area contributed by atoms with Crippen LogP contribution in [0.3, 0.4) is 0 Å². The van der Waals surface area contributed by atoms with Crippen molar-refractivity contribution in [3.63, 3.8) is 0 Å². The number of sulfonamides is 1. The normalized spacial score (nSPS) is 23.4. The zero-order chi connectivity index (χ0) is 14.3. The molecule has 0 bridgehead atoms. The summed E-state index contributed by atoms with van der Waals surface area (Å²) in [5, 5.41) is 5.08. The van der Waals surface area contributed by atoms with Crippen molar-refractivity contribution in [1.82, 2.24) is 0 Å². The lowest BCUT2D eigenvalue weighted by Gasteiger charge is -2.20. The van der Waals surface area contributed by atoms with Gasteiger partial charge in [0.1, 0.15) is 0 Å². The van der Waals surface area contributed by atoms with Crippen molar-refractivity contribution in [2.24, 2.45) is 11.1 Å². The molecule has 1 atom stereocenters. The summed E-state index contributed by atoms with van der Waals surface area (Å²) < 4.78 is 22.3. The first-order chi connectivity index (χ1) is 9.44. The van der Waals surface area contributed by atoms with Crippen LogP contribution in [-0.4, -0.2) is 26.6 Å². The van der Waals surface area contributed by atoms with E-state index in [9.17, 15) is 13.2 Å². The maximum absolute atomic E-state index is 12.2. The van der Waals surface area contributed by atoms with E-state index in [2.05, 4.69) is 6.07 Å². The molecule has 1 amide bonds. The molecule has 0 spiro atoms. The van der Waals surface area contributed by atoms with Gasteiger partial charge < -0.3 is 4.90 Å². The minimum Gasteiger partial charge on any atom is -0.312 e. The number of primary sulfonamides is 1. The number of carbonyl (C=O) groups excluding carboxylic acids is 1. The van der Waals surface area contributed by atoms with E-state index in [4.69, 9.17) is 5.14 Å². The molecule has 1 aromatic rings. The Morgan fingerprint density at radius 1 is 1.25 bits per heavy atom. The summed E-state index contributed by atoms with van der Waals surface area (Å²) in [6, 6.07) is 7.92. The van der Waals surface area contributed by atoms with Gasteiger partial charge in [-0.15, -0.1) is 0 Å². The Labute approximate surface area is 118 Å². The highest BCUT2D eigenvalue weighted by molar-refractivity contribution is 7.89. The van der Waals surface area contributed by atoms with Gasteiger partial charge in [-0.1, -0.05) is 18.2 Å². The van der Waals surface area contributed by atoms with Gasteiger partial charge in [0.2, 0.25) is 15.9 Å². The number of anilines is 1. The molecule has 2 N–H and O–H groups in total.